The minimum Gasteiger partial charge on any atom is -0.367 e. The first-order valence-corrected chi connectivity index (χ1v) is 11.0. The molecule has 3 heterocycles. The summed E-state index contributed by atoms with van der Waals surface area (Å²) in [6.07, 6.45) is 4.29. The number of piperazine rings is 1. The van der Waals surface area contributed by atoms with E-state index in [0.717, 1.165) is 0 Å². The maximum absolute atomic E-state index is 14.7. The molecule has 4 rings (SSSR count). The molecule has 0 radical (unpaired) electrons. The molecule has 0 aliphatic carbocycles. The number of sulfonamides is 1. The third kappa shape index (κ3) is 4.52. The van der Waals surface area contributed by atoms with Gasteiger partial charge in [-0.15, -0.1) is 0 Å². The fourth-order valence-electron chi connectivity index (χ4n) is 3.35. The molecule has 1 unspecified atom stereocenters. The summed E-state index contributed by atoms with van der Waals surface area (Å²) in [4.78, 5) is 7.35. The van der Waals surface area contributed by atoms with Crippen LogP contribution in [0.4, 0.5) is 15.9 Å². The predicted molar refractivity (Wildman–Crippen MR) is 106 cm³/mol. The maximum Gasteiger partial charge on any atom is 0.211 e. The van der Waals surface area contributed by atoms with Gasteiger partial charge in [0.2, 0.25) is 10.0 Å². The van der Waals surface area contributed by atoms with Crippen molar-refractivity contribution in [2.45, 2.75) is 6.10 Å². The third-order valence-electron chi connectivity index (χ3n) is 4.90. The van der Waals surface area contributed by atoms with Crippen LogP contribution in [0.2, 0.25) is 0 Å². The van der Waals surface area contributed by atoms with Gasteiger partial charge in [-0.25, -0.2) is 12.8 Å². The van der Waals surface area contributed by atoms with Crippen LogP contribution in [0.5, 0.6) is 0 Å². The summed E-state index contributed by atoms with van der Waals surface area (Å²) in [5.74, 6) is 0.254. The number of hydrogen-bond donors (Lipinski definition) is 2. The molecule has 156 valence electrons. The smallest absolute Gasteiger partial charge is 0.211 e. The highest BCUT2D eigenvalue weighted by atomic mass is 32.2. The molecule has 0 spiro atoms. The van der Waals surface area contributed by atoms with Gasteiger partial charge in [0.1, 0.15) is 18.2 Å². The molecule has 29 heavy (non-hydrogen) atoms. The SMILES string of the molecule is CS(=O)(=O)N1CCN(c2ccc(C3=CC(CNc4ccon4)ON3)cc2F)CC1. The van der Waals surface area contributed by atoms with Crippen molar-refractivity contribution in [1.82, 2.24) is 14.9 Å². The lowest BCUT2D eigenvalue weighted by Gasteiger charge is -2.34. The third-order valence-corrected chi connectivity index (χ3v) is 6.21. The monoisotopic (exact) mass is 423 g/mol. The van der Waals surface area contributed by atoms with E-state index in [1.807, 2.05) is 17.0 Å². The van der Waals surface area contributed by atoms with E-state index in [4.69, 9.17) is 9.36 Å². The zero-order valence-corrected chi connectivity index (χ0v) is 16.7. The zero-order chi connectivity index (χ0) is 20.4. The van der Waals surface area contributed by atoms with Crippen molar-refractivity contribution in [3.05, 3.63) is 48.0 Å². The van der Waals surface area contributed by atoms with Gasteiger partial charge in [-0.05, 0) is 18.2 Å². The van der Waals surface area contributed by atoms with Crippen LogP contribution >= 0.6 is 0 Å². The minimum atomic E-state index is -3.21. The lowest BCUT2D eigenvalue weighted by molar-refractivity contribution is 0.0590. The summed E-state index contributed by atoms with van der Waals surface area (Å²) < 4.78 is 44.2. The molecule has 2 aliphatic heterocycles. The quantitative estimate of drug-likeness (QED) is 0.716. The van der Waals surface area contributed by atoms with Crippen LogP contribution < -0.4 is 15.7 Å². The highest BCUT2D eigenvalue weighted by Gasteiger charge is 2.25. The van der Waals surface area contributed by atoms with E-state index < -0.39 is 10.0 Å². The van der Waals surface area contributed by atoms with Crippen molar-refractivity contribution in [2.75, 3.05) is 49.2 Å². The molecular weight excluding hydrogens is 401 g/mol. The van der Waals surface area contributed by atoms with Crippen molar-refractivity contribution in [3.63, 3.8) is 0 Å². The Hall–Kier alpha value is -2.63. The maximum atomic E-state index is 14.7. The largest absolute Gasteiger partial charge is 0.367 e. The topological polar surface area (TPSA) is 99.9 Å². The minimum absolute atomic E-state index is 0.242. The lowest BCUT2D eigenvalue weighted by atomic mass is 10.1. The summed E-state index contributed by atoms with van der Waals surface area (Å²) in [6, 6.07) is 6.69. The molecule has 1 aromatic carbocycles. The number of nitrogens with one attached hydrogen (secondary N) is 2. The molecule has 1 atom stereocenters. The second-order valence-electron chi connectivity index (χ2n) is 6.92. The Bertz CT molecular complexity index is 988. The van der Waals surface area contributed by atoms with Crippen molar-refractivity contribution < 1.29 is 22.2 Å². The molecule has 2 aliphatic rings. The van der Waals surface area contributed by atoms with E-state index in [9.17, 15) is 12.8 Å². The fraction of sp³-hybridized carbons (Fsp3) is 0.389. The van der Waals surface area contributed by atoms with Crippen molar-refractivity contribution in [1.29, 1.82) is 0 Å². The molecule has 2 N–H and O–H groups in total. The van der Waals surface area contributed by atoms with Crippen LogP contribution in [0.25, 0.3) is 5.70 Å². The number of hydrogen-bond acceptors (Lipinski definition) is 8. The highest BCUT2D eigenvalue weighted by molar-refractivity contribution is 7.88. The number of rotatable bonds is 6. The summed E-state index contributed by atoms with van der Waals surface area (Å²) >= 11 is 0. The number of aromatic nitrogens is 1. The van der Waals surface area contributed by atoms with Crippen LogP contribution in [0.1, 0.15) is 5.56 Å². The van der Waals surface area contributed by atoms with Crippen molar-refractivity contribution in [3.8, 4) is 0 Å². The van der Waals surface area contributed by atoms with Gasteiger partial charge in [0, 0.05) is 44.4 Å². The molecule has 9 nitrogen and oxygen atoms in total. The van der Waals surface area contributed by atoms with Gasteiger partial charge in [-0.3, -0.25) is 10.3 Å². The van der Waals surface area contributed by atoms with Crippen LogP contribution in [0.3, 0.4) is 0 Å². The van der Waals surface area contributed by atoms with E-state index in [-0.39, 0.29) is 11.9 Å². The molecule has 1 aromatic heterocycles. The first-order chi connectivity index (χ1) is 13.9. The Balaban J connectivity index is 1.39. The number of nitrogens with zero attached hydrogens (tertiary/aromatic N) is 3. The van der Waals surface area contributed by atoms with E-state index in [1.54, 1.807) is 12.1 Å². The summed E-state index contributed by atoms with van der Waals surface area (Å²) in [5.41, 5.74) is 4.64. The zero-order valence-electron chi connectivity index (χ0n) is 15.8. The van der Waals surface area contributed by atoms with Crippen molar-refractivity contribution in [2.24, 2.45) is 0 Å². The second-order valence-corrected chi connectivity index (χ2v) is 8.90. The number of anilines is 2. The average molecular weight is 423 g/mol. The molecule has 0 amide bonds. The standard InChI is InChI=1S/C18H22FN5O4S/c1-29(25,26)24-7-5-23(6-8-24)17-3-2-13(10-15(17)19)16-11-14(28-21-16)12-20-18-4-9-27-22-18/h2-4,9-11,14,21H,5-8,12H2,1H3,(H,20,22). The Morgan fingerprint density at radius 2 is 2.07 bits per heavy atom. The molecule has 0 saturated carbocycles. The molecule has 1 saturated heterocycles. The van der Waals surface area contributed by atoms with Gasteiger partial charge in [-0.2, -0.15) is 4.31 Å². The van der Waals surface area contributed by atoms with Crippen LogP contribution in [0.15, 0.2) is 41.1 Å². The Morgan fingerprint density at radius 1 is 1.28 bits per heavy atom. The predicted octanol–water partition coefficient (Wildman–Crippen LogP) is 1.25. The first-order valence-electron chi connectivity index (χ1n) is 9.18. The lowest BCUT2D eigenvalue weighted by Crippen LogP contribution is -2.48. The van der Waals surface area contributed by atoms with E-state index in [2.05, 4.69) is 16.0 Å². The number of hydroxylamine groups is 1. The number of halogens is 1. The first kappa shape index (κ1) is 19.7. The van der Waals surface area contributed by atoms with E-state index in [1.165, 1.54) is 22.9 Å². The normalized spacial score (nSPS) is 20.4. The van der Waals surface area contributed by atoms with Crippen LogP contribution in [-0.2, 0) is 14.9 Å². The molecule has 11 heteroatoms. The van der Waals surface area contributed by atoms with Crippen LogP contribution in [0, 0.1) is 5.82 Å². The average Bonchev–Trinajstić information content (AvgIpc) is 3.38. The summed E-state index contributed by atoms with van der Waals surface area (Å²) in [7, 11) is -3.21. The Morgan fingerprint density at radius 3 is 2.72 bits per heavy atom. The van der Waals surface area contributed by atoms with Crippen LogP contribution in [-0.4, -0.2) is 63.0 Å². The Labute approximate surface area is 168 Å². The van der Waals surface area contributed by atoms with Gasteiger partial charge in [0.25, 0.3) is 0 Å². The fourth-order valence-corrected chi connectivity index (χ4v) is 4.18. The van der Waals surface area contributed by atoms with Gasteiger partial charge >= 0.3 is 0 Å². The van der Waals surface area contributed by atoms with Gasteiger partial charge in [0.05, 0.1) is 17.6 Å². The van der Waals surface area contributed by atoms with Gasteiger partial charge in [0.15, 0.2) is 5.82 Å². The second kappa shape index (κ2) is 8.01. The van der Waals surface area contributed by atoms with Gasteiger partial charge < -0.3 is 14.7 Å². The summed E-state index contributed by atoms with van der Waals surface area (Å²) in [6.45, 7) is 2.07. The molecule has 1 fully saturated rings. The Kier molecular flexibility index (Phi) is 5.43. The highest BCUT2D eigenvalue weighted by Crippen LogP contribution is 2.26. The van der Waals surface area contributed by atoms with Gasteiger partial charge in [-0.1, -0.05) is 11.2 Å². The molecule has 0 bridgehead atoms. The van der Waals surface area contributed by atoms with Crippen molar-refractivity contribution >= 4 is 27.2 Å². The molecule has 2 aromatic rings. The summed E-state index contributed by atoms with van der Waals surface area (Å²) in [5, 5.41) is 6.84. The van der Waals surface area contributed by atoms with E-state index in [0.29, 0.717) is 55.5 Å². The number of benzene rings is 1. The molecular formula is C18H22FN5O4S. The van der Waals surface area contributed by atoms with E-state index >= 15 is 0 Å².